The van der Waals surface area contributed by atoms with Crippen LogP contribution in [-0.4, -0.2) is 44.3 Å². The van der Waals surface area contributed by atoms with Crippen molar-refractivity contribution in [2.45, 2.75) is 26.2 Å². The molecule has 1 aromatic carbocycles. The van der Waals surface area contributed by atoms with Gasteiger partial charge in [0.15, 0.2) is 0 Å². The van der Waals surface area contributed by atoms with Crippen LogP contribution in [0.2, 0.25) is 0 Å². The molecule has 5 heteroatoms. The van der Waals surface area contributed by atoms with E-state index in [1.807, 2.05) is 38.2 Å². The fraction of sp³-hybridized carbons (Fsp3) is 0.588. The molecule has 1 heterocycles. The van der Waals surface area contributed by atoms with Crippen molar-refractivity contribution < 1.29 is 14.3 Å². The molecule has 1 aliphatic rings. The van der Waals surface area contributed by atoms with Gasteiger partial charge in [-0.15, -0.1) is 0 Å². The lowest BCUT2D eigenvalue weighted by molar-refractivity contribution is 0.0621. The van der Waals surface area contributed by atoms with E-state index in [1.165, 1.54) is 0 Å². The number of amides is 2. The molecule has 0 saturated carbocycles. The van der Waals surface area contributed by atoms with Crippen LogP contribution in [0.15, 0.2) is 24.3 Å². The van der Waals surface area contributed by atoms with Crippen LogP contribution < -0.4 is 10.1 Å². The smallest absolute Gasteiger partial charge is 0.321 e. The summed E-state index contributed by atoms with van der Waals surface area (Å²) in [7, 11) is 1.84. The van der Waals surface area contributed by atoms with Crippen molar-refractivity contribution in [3.63, 3.8) is 0 Å². The molecular weight excluding hydrogens is 280 g/mol. The summed E-state index contributed by atoms with van der Waals surface area (Å²) in [5.74, 6) is 1.49. The molecule has 0 bridgehead atoms. The lowest BCUT2D eigenvalue weighted by Gasteiger charge is -2.25. The zero-order valence-corrected chi connectivity index (χ0v) is 13.5. The first-order valence-corrected chi connectivity index (χ1v) is 8.01. The van der Waals surface area contributed by atoms with Gasteiger partial charge in [-0.2, -0.15) is 0 Å². The lowest BCUT2D eigenvalue weighted by atomic mass is 9.96. The van der Waals surface area contributed by atoms with Crippen molar-refractivity contribution in [1.82, 2.24) is 4.90 Å². The molecule has 0 atom stereocenters. The molecule has 122 valence electrons. The fourth-order valence-corrected chi connectivity index (χ4v) is 2.53. The van der Waals surface area contributed by atoms with Crippen LogP contribution in [0.25, 0.3) is 0 Å². The molecule has 0 unspecified atom stereocenters. The summed E-state index contributed by atoms with van der Waals surface area (Å²) < 4.78 is 10.7. The maximum atomic E-state index is 12.2. The van der Waals surface area contributed by atoms with Crippen LogP contribution >= 0.6 is 0 Å². The highest BCUT2D eigenvalue weighted by Crippen LogP contribution is 2.19. The van der Waals surface area contributed by atoms with Gasteiger partial charge in [0, 0.05) is 32.5 Å². The van der Waals surface area contributed by atoms with E-state index in [1.54, 1.807) is 4.90 Å². The van der Waals surface area contributed by atoms with E-state index in [-0.39, 0.29) is 6.03 Å². The van der Waals surface area contributed by atoms with Crippen LogP contribution in [0.5, 0.6) is 5.75 Å². The summed E-state index contributed by atoms with van der Waals surface area (Å²) in [5.41, 5.74) is 0.784. The second-order valence-corrected chi connectivity index (χ2v) is 5.65. The molecule has 5 nitrogen and oxygen atoms in total. The molecule has 1 N–H and O–H groups in total. The highest BCUT2D eigenvalue weighted by Gasteiger charge is 2.16. The predicted octanol–water partition coefficient (Wildman–Crippen LogP) is 3.37. The van der Waals surface area contributed by atoms with E-state index in [4.69, 9.17) is 9.47 Å². The highest BCUT2D eigenvalue weighted by atomic mass is 16.5. The van der Waals surface area contributed by atoms with Crippen LogP contribution in [0.4, 0.5) is 10.5 Å². The van der Waals surface area contributed by atoms with E-state index in [9.17, 15) is 4.79 Å². The Morgan fingerprint density at radius 2 is 2.00 bits per heavy atom. The van der Waals surface area contributed by atoms with Gasteiger partial charge in [-0.3, -0.25) is 0 Å². The van der Waals surface area contributed by atoms with Crippen LogP contribution in [-0.2, 0) is 4.74 Å². The van der Waals surface area contributed by atoms with E-state index in [2.05, 4.69) is 5.32 Å². The molecule has 1 saturated heterocycles. The molecule has 2 amide bonds. The monoisotopic (exact) mass is 306 g/mol. The number of benzene rings is 1. The molecular formula is C17H26N2O3. The third-order valence-corrected chi connectivity index (χ3v) is 3.98. The fourth-order valence-electron chi connectivity index (χ4n) is 2.53. The summed E-state index contributed by atoms with van der Waals surface area (Å²) in [6, 6.07) is 7.36. The second-order valence-electron chi connectivity index (χ2n) is 5.65. The summed E-state index contributed by atoms with van der Waals surface area (Å²) in [4.78, 5) is 13.9. The maximum Gasteiger partial charge on any atom is 0.321 e. The zero-order chi connectivity index (χ0) is 15.8. The SMILES string of the molecule is CCOc1ccc(NC(=O)N(C)CCC2CCOCC2)cc1. The van der Waals surface area contributed by atoms with Crippen molar-refractivity contribution in [3.05, 3.63) is 24.3 Å². The van der Waals surface area contributed by atoms with Gasteiger partial charge >= 0.3 is 6.03 Å². The van der Waals surface area contributed by atoms with Crippen LogP contribution in [0.3, 0.4) is 0 Å². The molecule has 0 spiro atoms. The number of carbonyl (C=O) groups excluding carboxylic acids is 1. The second kappa shape index (κ2) is 8.63. The van der Waals surface area contributed by atoms with E-state index < -0.39 is 0 Å². The summed E-state index contributed by atoms with van der Waals surface area (Å²) in [6.45, 7) is 5.07. The maximum absolute atomic E-state index is 12.2. The minimum absolute atomic E-state index is 0.0729. The topological polar surface area (TPSA) is 50.8 Å². The van der Waals surface area contributed by atoms with E-state index in [0.717, 1.165) is 50.5 Å². The highest BCUT2D eigenvalue weighted by molar-refractivity contribution is 5.89. The molecule has 1 fully saturated rings. The first kappa shape index (κ1) is 16.6. The van der Waals surface area contributed by atoms with Crippen LogP contribution in [0.1, 0.15) is 26.2 Å². The minimum Gasteiger partial charge on any atom is -0.494 e. The third kappa shape index (κ3) is 5.22. The quantitative estimate of drug-likeness (QED) is 0.876. The number of ether oxygens (including phenoxy) is 2. The molecule has 1 aliphatic heterocycles. The Balaban J connectivity index is 1.75. The Morgan fingerprint density at radius 1 is 1.32 bits per heavy atom. The Kier molecular flexibility index (Phi) is 6.52. The van der Waals surface area contributed by atoms with Gasteiger partial charge in [0.25, 0.3) is 0 Å². The molecule has 0 aromatic heterocycles. The summed E-state index contributed by atoms with van der Waals surface area (Å²) >= 11 is 0. The Bertz CT molecular complexity index is 455. The Hall–Kier alpha value is -1.75. The number of nitrogens with zero attached hydrogens (tertiary/aromatic N) is 1. The van der Waals surface area contributed by atoms with Gasteiger partial charge in [-0.05, 0) is 56.4 Å². The standard InChI is InChI=1S/C17H26N2O3/c1-3-22-16-6-4-15(5-7-16)18-17(20)19(2)11-8-14-9-12-21-13-10-14/h4-7,14H,3,8-13H2,1-2H3,(H,18,20). The number of rotatable bonds is 6. The molecule has 2 rings (SSSR count). The number of hydrogen-bond donors (Lipinski definition) is 1. The van der Waals surface area contributed by atoms with Gasteiger partial charge in [0.2, 0.25) is 0 Å². The van der Waals surface area contributed by atoms with Crippen molar-refractivity contribution in [2.24, 2.45) is 5.92 Å². The zero-order valence-electron chi connectivity index (χ0n) is 13.5. The van der Waals surface area contributed by atoms with E-state index >= 15 is 0 Å². The van der Waals surface area contributed by atoms with Gasteiger partial charge in [0.1, 0.15) is 5.75 Å². The molecule has 0 aliphatic carbocycles. The predicted molar refractivity (Wildman–Crippen MR) is 87.4 cm³/mol. The number of urea groups is 1. The van der Waals surface area contributed by atoms with Crippen LogP contribution in [0, 0.1) is 5.92 Å². The van der Waals surface area contributed by atoms with Crippen molar-refractivity contribution in [2.75, 3.05) is 38.7 Å². The normalized spacial score (nSPS) is 15.4. The number of nitrogens with one attached hydrogen (secondary N) is 1. The largest absolute Gasteiger partial charge is 0.494 e. The van der Waals surface area contributed by atoms with Gasteiger partial charge in [0.05, 0.1) is 6.61 Å². The van der Waals surface area contributed by atoms with Gasteiger partial charge < -0.3 is 19.7 Å². The van der Waals surface area contributed by atoms with Crippen molar-refractivity contribution in [3.8, 4) is 5.75 Å². The lowest BCUT2D eigenvalue weighted by Crippen LogP contribution is -2.33. The molecule has 1 aromatic rings. The average Bonchev–Trinajstić information content (AvgIpc) is 2.55. The number of anilines is 1. The summed E-state index contributed by atoms with van der Waals surface area (Å²) in [5, 5.41) is 2.91. The number of carbonyl (C=O) groups is 1. The number of hydrogen-bond acceptors (Lipinski definition) is 3. The Labute approximate surface area is 132 Å². The molecule has 22 heavy (non-hydrogen) atoms. The van der Waals surface area contributed by atoms with Crippen molar-refractivity contribution >= 4 is 11.7 Å². The first-order chi connectivity index (χ1) is 10.7. The molecule has 0 radical (unpaired) electrons. The third-order valence-electron chi connectivity index (χ3n) is 3.98. The van der Waals surface area contributed by atoms with Gasteiger partial charge in [-0.1, -0.05) is 0 Å². The van der Waals surface area contributed by atoms with Gasteiger partial charge in [-0.25, -0.2) is 4.79 Å². The first-order valence-electron chi connectivity index (χ1n) is 8.01. The average molecular weight is 306 g/mol. The van der Waals surface area contributed by atoms with Crippen molar-refractivity contribution in [1.29, 1.82) is 0 Å². The Morgan fingerprint density at radius 3 is 2.64 bits per heavy atom. The minimum atomic E-state index is -0.0729. The summed E-state index contributed by atoms with van der Waals surface area (Å²) in [6.07, 6.45) is 3.25. The van der Waals surface area contributed by atoms with E-state index in [0.29, 0.717) is 12.5 Å².